The van der Waals surface area contributed by atoms with Crippen LogP contribution in [0.3, 0.4) is 0 Å². The molecule has 0 heterocycles. The number of nitrogen functional groups attached to an aromatic ring is 1. The molecule has 0 aliphatic rings. The SMILES string of the molecule is CCNCc1ccc(C(F)(F)F)c(N)c1. The minimum atomic E-state index is -4.37. The lowest BCUT2D eigenvalue weighted by Gasteiger charge is -2.11. The van der Waals surface area contributed by atoms with Crippen LogP contribution in [-0.4, -0.2) is 6.54 Å². The van der Waals surface area contributed by atoms with Gasteiger partial charge in [0.1, 0.15) is 0 Å². The lowest BCUT2D eigenvalue weighted by atomic mass is 10.1. The molecule has 0 fully saturated rings. The zero-order chi connectivity index (χ0) is 11.5. The molecule has 0 unspecified atom stereocenters. The van der Waals surface area contributed by atoms with E-state index in [1.54, 1.807) is 0 Å². The Kier molecular flexibility index (Phi) is 3.57. The first-order valence-electron chi connectivity index (χ1n) is 4.61. The van der Waals surface area contributed by atoms with Crippen LogP contribution in [0.25, 0.3) is 0 Å². The summed E-state index contributed by atoms with van der Waals surface area (Å²) in [7, 11) is 0. The van der Waals surface area contributed by atoms with Crippen molar-refractivity contribution in [2.75, 3.05) is 12.3 Å². The molecule has 84 valence electrons. The van der Waals surface area contributed by atoms with E-state index in [0.29, 0.717) is 6.54 Å². The van der Waals surface area contributed by atoms with Gasteiger partial charge >= 0.3 is 6.18 Å². The molecule has 0 aromatic heterocycles. The maximum atomic E-state index is 12.3. The highest BCUT2D eigenvalue weighted by Crippen LogP contribution is 2.33. The van der Waals surface area contributed by atoms with Gasteiger partial charge in [0, 0.05) is 12.2 Å². The topological polar surface area (TPSA) is 38.0 Å². The smallest absolute Gasteiger partial charge is 0.398 e. The van der Waals surface area contributed by atoms with E-state index in [1.165, 1.54) is 12.1 Å². The fraction of sp³-hybridized carbons (Fsp3) is 0.400. The van der Waals surface area contributed by atoms with E-state index < -0.39 is 11.7 Å². The van der Waals surface area contributed by atoms with Crippen LogP contribution in [0.2, 0.25) is 0 Å². The number of halogens is 3. The zero-order valence-corrected chi connectivity index (χ0v) is 8.36. The third-order valence-electron chi connectivity index (χ3n) is 2.00. The number of nitrogens with one attached hydrogen (secondary N) is 1. The summed E-state index contributed by atoms with van der Waals surface area (Å²) in [5.41, 5.74) is 5.08. The van der Waals surface area contributed by atoms with Crippen molar-refractivity contribution >= 4 is 5.69 Å². The average molecular weight is 218 g/mol. The van der Waals surface area contributed by atoms with Crippen molar-refractivity contribution in [1.82, 2.24) is 5.32 Å². The van der Waals surface area contributed by atoms with Crippen molar-refractivity contribution in [2.45, 2.75) is 19.6 Å². The number of hydrogen-bond acceptors (Lipinski definition) is 2. The van der Waals surface area contributed by atoms with Crippen LogP contribution in [0.15, 0.2) is 18.2 Å². The number of nitrogens with two attached hydrogens (primary N) is 1. The van der Waals surface area contributed by atoms with Gasteiger partial charge in [-0.3, -0.25) is 0 Å². The Hall–Kier alpha value is -1.23. The summed E-state index contributed by atoms with van der Waals surface area (Å²) < 4.78 is 37.0. The quantitative estimate of drug-likeness (QED) is 0.764. The highest BCUT2D eigenvalue weighted by atomic mass is 19.4. The summed E-state index contributed by atoms with van der Waals surface area (Å²) >= 11 is 0. The largest absolute Gasteiger partial charge is 0.418 e. The first-order valence-corrected chi connectivity index (χ1v) is 4.61. The Labute approximate surface area is 86.3 Å². The Morgan fingerprint density at radius 1 is 1.33 bits per heavy atom. The number of alkyl halides is 3. The summed E-state index contributed by atoms with van der Waals surface area (Å²) in [6.45, 7) is 3.22. The molecule has 0 saturated heterocycles. The lowest BCUT2D eigenvalue weighted by molar-refractivity contribution is -0.136. The molecule has 0 radical (unpaired) electrons. The molecule has 1 aromatic carbocycles. The molecule has 0 bridgehead atoms. The van der Waals surface area contributed by atoms with E-state index in [0.717, 1.165) is 18.2 Å². The van der Waals surface area contributed by atoms with Crippen molar-refractivity contribution in [3.8, 4) is 0 Å². The lowest BCUT2D eigenvalue weighted by Crippen LogP contribution is -2.13. The van der Waals surface area contributed by atoms with Crippen molar-refractivity contribution in [2.24, 2.45) is 0 Å². The van der Waals surface area contributed by atoms with E-state index in [-0.39, 0.29) is 5.69 Å². The van der Waals surface area contributed by atoms with Gasteiger partial charge in [-0.05, 0) is 24.2 Å². The van der Waals surface area contributed by atoms with Crippen LogP contribution in [0.5, 0.6) is 0 Å². The zero-order valence-electron chi connectivity index (χ0n) is 8.36. The van der Waals surface area contributed by atoms with Gasteiger partial charge in [-0.25, -0.2) is 0 Å². The summed E-state index contributed by atoms with van der Waals surface area (Å²) in [6, 6.07) is 3.80. The van der Waals surface area contributed by atoms with Gasteiger partial charge in [0.25, 0.3) is 0 Å². The van der Waals surface area contributed by atoms with Gasteiger partial charge in [-0.15, -0.1) is 0 Å². The van der Waals surface area contributed by atoms with Crippen molar-refractivity contribution in [3.05, 3.63) is 29.3 Å². The maximum Gasteiger partial charge on any atom is 0.418 e. The Balaban J connectivity index is 2.89. The van der Waals surface area contributed by atoms with Crippen molar-refractivity contribution < 1.29 is 13.2 Å². The predicted molar refractivity (Wildman–Crippen MR) is 53.2 cm³/mol. The highest BCUT2D eigenvalue weighted by molar-refractivity contribution is 5.50. The summed E-state index contributed by atoms with van der Waals surface area (Å²) in [6.07, 6.45) is -4.37. The fourth-order valence-electron chi connectivity index (χ4n) is 1.25. The molecule has 0 spiro atoms. The van der Waals surface area contributed by atoms with Gasteiger partial charge in [0.05, 0.1) is 5.56 Å². The second kappa shape index (κ2) is 4.53. The second-order valence-corrected chi connectivity index (χ2v) is 3.20. The fourth-order valence-corrected chi connectivity index (χ4v) is 1.25. The molecular weight excluding hydrogens is 205 g/mol. The monoisotopic (exact) mass is 218 g/mol. The Bertz CT molecular complexity index is 334. The molecule has 1 rings (SSSR count). The number of anilines is 1. The molecule has 0 aliphatic carbocycles. The first kappa shape index (κ1) is 11.8. The number of benzene rings is 1. The van der Waals surface area contributed by atoms with E-state index in [4.69, 9.17) is 5.73 Å². The van der Waals surface area contributed by atoms with Crippen molar-refractivity contribution in [3.63, 3.8) is 0 Å². The van der Waals surface area contributed by atoms with Crippen LogP contribution in [-0.2, 0) is 12.7 Å². The summed E-state index contributed by atoms with van der Waals surface area (Å²) in [5.74, 6) is 0. The van der Waals surface area contributed by atoms with Gasteiger partial charge in [-0.2, -0.15) is 13.2 Å². The Morgan fingerprint density at radius 3 is 2.47 bits per heavy atom. The second-order valence-electron chi connectivity index (χ2n) is 3.20. The van der Waals surface area contributed by atoms with Crippen LogP contribution >= 0.6 is 0 Å². The molecule has 1 aromatic rings. The number of rotatable bonds is 3. The Morgan fingerprint density at radius 2 is 2.00 bits per heavy atom. The molecule has 0 saturated carbocycles. The summed E-state index contributed by atoms with van der Waals surface area (Å²) in [4.78, 5) is 0. The van der Waals surface area contributed by atoms with Gasteiger partial charge in [-0.1, -0.05) is 13.0 Å². The molecule has 3 N–H and O–H groups in total. The highest BCUT2D eigenvalue weighted by Gasteiger charge is 2.32. The predicted octanol–water partition coefficient (Wildman–Crippen LogP) is 2.40. The normalized spacial score (nSPS) is 11.7. The number of hydrogen-bond donors (Lipinski definition) is 2. The minimum absolute atomic E-state index is 0.224. The van der Waals surface area contributed by atoms with E-state index in [9.17, 15) is 13.2 Å². The van der Waals surface area contributed by atoms with Crippen LogP contribution < -0.4 is 11.1 Å². The first-order chi connectivity index (χ1) is 6.95. The molecule has 0 amide bonds. The van der Waals surface area contributed by atoms with Crippen LogP contribution in [0.1, 0.15) is 18.1 Å². The molecule has 0 aliphatic heterocycles. The van der Waals surface area contributed by atoms with Crippen molar-refractivity contribution in [1.29, 1.82) is 0 Å². The van der Waals surface area contributed by atoms with Crippen LogP contribution in [0.4, 0.5) is 18.9 Å². The molecule has 15 heavy (non-hydrogen) atoms. The van der Waals surface area contributed by atoms with E-state index in [2.05, 4.69) is 5.32 Å². The third-order valence-corrected chi connectivity index (χ3v) is 2.00. The molecular formula is C10H13F3N2. The van der Waals surface area contributed by atoms with Crippen LogP contribution in [0, 0.1) is 0 Å². The molecule has 2 nitrogen and oxygen atoms in total. The molecule has 0 atom stereocenters. The van der Waals surface area contributed by atoms with E-state index in [1.807, 2.05) is 6.92 Å². The third kappa shape index (κ3) is 3.13. The maximum absolute atomic E-state index is 12.3. The van der Waals surface area contributed by atoms with Gasteiger partial charge < -0.3 is 11.1 Å². The van der Waals surface area contributed by atoms with Gasteiger partial charge in [0.15, 0.2) is 0 Å². The summed E-state index contributed by atoms with van der Waals surface area (Å²) in [5, 5.41) is 3.01. The average Bonchev–Trinajstić information content (AvgIpc) is 2.12. The van der Waals surface area contributed by atoms with Gasteiger partial charge in [0.2, 0.25) is 0 Å². The standard InChI is InChI=1S/C10H13F3N2/c1-2-15-6-7-3-4-8(9(14)5-7)10(11,12)13/h3-5,15H,2,6,14H2,1H3. The van der Waals surface area contributed by atoms with E-state index >= 15 is 0 Å². The molecule has 5 heteroatoms. The minimum Gasteiger partial charge on any atom is -0.398 e.